The fraction of sp³-hybridized carbons (Fsp3) is 0.875. The molecule has 1 aliphatic rings. The smallest absolute Gasteiger partial charge is 0.410 e. The maximum Gasteiger partial charge on any atom is 0.410 e. The first-order chi connectivity index (χ1) is 6.13. The fourth-order valence-electron chi connectivity index (χ4n) is 1.22. The van der Waals surface area contributed by atoms with E-state index < -0.39 is 0 Å². The van der Waals surface area contributed by atoms with Crippen molar-refractivity contribution in [3.63, 3.8) is 0 Å². The number of hydrogen-bond donors (Lipinski definition) is 2. The van der Waals surface area contributed by atoms with Gasteiger partial charge in [0.25, 0.3) is 0 Å². The van der Waals surface area contributed by atoms with Crippen molar-refractivity contribution in [2.75, 3.05) is 19.6 Å². The highest BCUT2D eigenvalue weighted by Gasteiger charge is 2.29. The zero-order valence-electron chi connectivity index (χ0n) is 7.77. The number of ether oxygens (including phenoxy) is 1. The van der Waals surface area contributed by atoms with Gasteiger partial charge in [-0.1, -0.05) is 0 Å². The lowest BCUT2D eigenvalue weighted by Gasteiger charge is -2.13. The van der Waals surface area contributed by atoms with Crippen molar-refractivity contribution in [2.24, 2.45) is 5.73 Å². The van der Waals surface area contributed by atoms with Gasteiger partial charge in [0.1, 0.15) is 6.10 Å². The van der Waals surface area contributed by atoms with Crippen LogP contribution in [0.25, 0.3) is 0 Å². The van der Waals surface area contributed by atoms with Crippen LogP contribution in [0.15, 0.2) is 0 Å². The van der Waals surface area contributed by atoms with E-state index in [4.69, 9.17) is 15.6 Å². The molecule has 0 saturated carbocycles. The third-order valence-corrected chi connectivity index (χ3v) is 2.03. The number of rotatable bonds is 4. The average molecular weight is 188 g/mol. The molecule has 2 unspecified atom stereocenters. The van der Waals surface area contributed by atoms with Crippen LogP contribution in [0.4, 0.5) is 4.79 Å². The zero-order valence-corrected chi connectivity index (χ0v) is 7.77. The summed E-state index contributed by atoms with van der Waals surface area (Å²) >= 11 is 0. The number of carbonyl (C=O) groups excluding carboxylic acids is 1. The van der Waals surface area contributed by atoms with Gasteiger partial charge in [-0.15, -0.1) is 0 Å². The fourth-order valence-corrected chi connectivity index (χ4v) is 1.22. The number of amides is 1. The van der Waals surface area contributed by atoms with Crippen LogP contribution in [0.5, 0.6) is 0 Å². The van der Waals surface area contributed by atoms with Crippen LogP contribution in [-0.2, 0) is 4.74 Å². The molecule has 3 N–H and O–H groups in total. The summed E-state index contributed by atoms with van der Waals surface area (Å²) in [5.41, 5.74) is 5.36. The summed E-state index contributed by atoms with van der Waals surface area (Å²) in [6.07, 6.45) is -0.311. The highest BCUT2D eigenvalue weighted by atomic mass is 16.6. The average Bonchev–Trinajstić information content (AvgIpc) is 2.43. The van der Waals surface area contributed by atoms with Crippen molar-refractivity contribution >= 4 is 6.09 Å². The molecule has 2 atom stereocenters. The number of hydrogen-bond acceptors (Lipinski definition) is 4. The minimum atomic E-state index is -0.385. The molecule has 5 nitrogen and oxygen atoms in total. The molecule has 0 aliphatic carbocycles. The first kappa shape index (κ1) is 10.3. The van der Waals surface area contributed by atoms with Crippen LogP contribution in [-0.4, -0.2) is 47.9 Å². The largest absolute Gasteiger partial charge is 0.443 e. The molecule has 0 bridgehead atoms. The van der Waals surface area contributed by atoms with E-state index in [0.717, 1.165) is 0 Å². The number of aliphatic hydroxyl groups excluding tert-OH is 1. The molecule has 1 aliphatic heterocycles. The first-order valence-electron chi connectivity index (χ1n) is 4.47. The van der Waals surface area contributed by atoms with E-state index in [1.54, 1.807) is 11.8 Å². The van der Waals surface area contributed by atoms with E-state index in [-0.39, 0.29) is 18.3 Å². The number of nitrogens with zero attached hydrogens (tertiary/aromatic N) is 1. The van der Waals surface area contributed by atoms with Crippen molar-refractivity contribution in [1.29, 1.82) is 0 Å². The Morgan fingerprint density at radius 2 is 2.54 bits per heavy atom. The van der Waals surface area contributed by atoms with Gasteiger partial charge in [0.05, 0.1) is 12.6 Å². The quantitative estimate of drug-likeness (QED) is 0.625. The molecule has 0 radical (unpaired) electrons. The third-order valence-electron chi connectivity index (χ3n) is 2.03. The SMILES string of the molecule is CC(O)CCN1CC(CN)OC1=O. The molecule has 0 aromatic heterocycles. The molecule has 1 heterocycles. The predicted octanol–water partition coefficient (Wildman–Crippen LogP) is -0.463. The molecule has 5 heteroatoms. The van der Waals surface area contributed by atoms with Gasteiger partial charge in [-0.05, 0) is 13.3 Å². The summed E-state index contributed by atoms with van der Waals surface area (Å²) in [6, 6.07) is 0. The van der Waals surface area contributed by atoms with Gasteiger partial charge in [-0.25, -0.2) is 4.79 Å². The molecule has 76 valence electrons. The highest BCUT2D eigenvalue weighted by molar-refractivity contribution is 5.69. The molecule has 1 saturated heterocycles. The van der Waals surface area contributed by atoms with Crippen LogP contribution in [0.1, 0.15) is 13.3 Å². The third kappa shape index (κ3) is 2.86. The van der Waals surface area contributed by atoms with Crippen molar-refractivity contribution in [2.45, 2.75) is 25.6 Å². The molecule has 0 aromatic carbocycles. The normalized spacial score (nSPS) is 24.7. The van der Waals surface area contributed by atoms with Gasteiger partial charge in [-0.3, -0.25) is 0 Å². The molecular weight excluding hydrogens is 172 g/mol. The molecular formula is C8H16N2O3. The molecule has 1 rings (SSSR count). The maximum atomic E-state index is 11.1. The van der Waals surface area contributed by atoms with Gasteiger partial charge >= 0.3 is 6.09 Å². The zero-order chi connectivity index (χ0) is 9.84. The lowest BCUT2D eigenvalue weighted by molar-refractivity contribution is 0.130. The van der Waals surface area contributed by atoms with Crippen LogP contribution in [0, 0.1) is 0 Å². The van der Waals surface area contributed by atoms with E-state index in [2.05, 4.69) is 0 Å². The lowest BCUT2D eigenvalue weighted by Crippen LogP contribution is -2.29. The maximum absolute atomic E-state index is 11.1. The van der Waals surface area contributed by atoms with Crippen LogP contribution < -0.4 is 5.73 Å². The molecule has 1 fully saturated rings. The Balaban J connectivity index is 2.31. The van der Waals surface area contributed by atoms with Gasteiger partial charge in [0, 0.05) is 13.1 Å². The van der Waals surface area contributed by atoms with Crippen molar-refractivity contribution in [1.82, 2.24) is 4.90 Å². The number of carbonyl (C=O) groups is 1. The van der Waals surface area contributed by atoms with E-state index in [9.17, 15) is 4.79 Å². The summed E-state index contributed by atoms with van der Waals surface area (Å²) in [4.78, 5) is 12.7. The van der Waals surface area contributed by atoms with E-state index >= 15 is 0 Å². The monoisotopic (exact) mass is 188 g/mol. The Hall–Kier alpha value is -0.810. The first-order valence-corrected chi connectivity index (χ1v) is 4.47. The second-order valence-electron chi connectivity index (χ2n) is 3.33. The summed E-state index contributed by atoms with van der Waals surface area (Å²) in [6.45, 7) is 3.13. The van der Waals surface area contributed by atoms with Crippen molar-refractivity contribution in [3.8, 4) is 0 Å². The Morgan fingerprint density at radius 1 is 1.85 bits per heavy atom. The summed E-state index contributed by atoms with van der Waals surface area (Å²) in [5, 5.41) is 9.02. The molecule has 1 amide bonds. The van der Waals surface area contributed by atoms with Crippen molar-refractivity contribution in [3.05, 3.63) is 0 Å². The predicted molar refractivity (Wildman–Crippen MR) is 47.2 cm³/mol. The van der Waals surface area contributed by atoms with Gasteiger partial charge < -0.3 is 20.5 Å². The van der Waals surface area contributed by atoms with Crippen LogP contribution >= 0.6 is 0 Å². The second kappa shape index (κ2) is 4.43. The van der Waals surface area contributed by atoms with E-state index in [1.807, 2.05) is 0 Å². The number of aliphatic hydroxyl groups is 1. The van der Waals surface area contributed by atoms with E-state index in [1.165, 1.54) is 0 Å². The molecule has 13 heavy (non-hydrogen) atoms. The van der Waals surface area contributed by atoms with Gasteiger partial charge in [0.15, 0.2) is 0 Å². The standard InChI is InChI=1S/C8H16N2O3/c1-6(11)2-3-10-5-7(4-9)13-8(10)12/h6-7,11H,2-5,9H2,1H3. The number of cyclic esters (lactones) is 1. The molecule has 0 spiro atoms. The Labute approximate surface area is 77.5 Å². The Morgan fingerprint density at radius 3 is 3.00 bits per heavy atom. The van der Waals surface area contributed by atoms with Crippen molar-refractivity contribution < 1.29 is 14.6 Å². The number of nitrogens with two attached hydrogens (primary N) is 1. The summed E-state index contributed by atoms with van der Waals surface area (Å²) in [7, 11) is 0. The minimum Gasteiger partial charge on any atom is -0.443 e. The topological polar surface area (TPSA) is 75.8 Å². The second-order valence-corrected chi connectivity index (χ2v) is 3.33. The molecule has 0 aromatic rings. The highest BCUT2D eigenvalue weighted by Crippen LogP contribution is 2.10. The Kier molecular flexibility index (Phi) is 3.50. The summed E-state index contributed by atoms with van der Waals surface area (Å²) in [5.74, 6) is 0. The van der Waals surface area contributed by atoms with Gasteiger partial charge in [0.2, 0.25) is 0 Å². The minimum absolute atomic E-state index is 0.179. The van der Waals surface area contributed by atoms with Crippen LogP contribution in [0.2, 0.25) is 0 Å². The van der Waals surface area contributed by atoms with Gasteiger partial charge in [-0.2, -0.15) is 0 Å². The lowest BCUT2D eigenvalue weighted by atomic mass is 10.2. The Bertz CT molecular complexity index is 184. The van der Waals surface area contributed by atoms with Crippen LogP contribution in [0.3, 0.4) is 0 Å². The summed E-state index contributed by atoms with van der Waals surface area (Å²) < 4.78 is 4.94. The van der Waals surface area contributed by atoms with E-state index in [0.29, 0.717) is 26.1 Å².